The number of alkyl halides is 3. The summed E-state index contributed by atoms with van der Waals surface area (Å²) in [7, 11) is 0. The van der Waals surface area contributed by atoms with Crippen LogP contribution < -0.4 is 5.73 Å². The molecule has 2 unspecified atom stereocenters. The summed E-state index contributed by atoms with van der Waals surface area (Å²) in [5.74, 6) is -0.801. The molecule has 0 bridgehead atoms. The van der Waals surface area contributed by atoms with Crippen LogP contribution in [0.3, 0.4) is 0 Å². The molecule has 6 heteroatoms. The van der Waals surface area contributed by atoms with E-state index >= 15 is 0 Å². The van der Waals surface area contributed by atoms with Gasteiger partial charge in [0.15, 0.2) is 0 Å². The fourth-order valence-electron chi connectivity index (χ4n) is 1.48. The molecule has 0 saturated carbocycles. The van der Waals surface area contributed by atoms with E-state index < -0.39 is 18.5 Å². The fourth-order valence-corrected chi connectivity index (χ4v) is 1.48. The third-order valence-corrected chi connectivity index (χ3v) is 2.37. The fraction of sp³-hybridized carbons (Fsp3) is 0.875. The predicted octanol–water partition coefficient (Wildman–Crippen LogP) is 0.744. The summed E-state index contributed by atoms with van der Waals surface area (Å²) < 4.78 is 35.6. The van der Waals surface area contributed by atoms with Gasteiger partial charge in [0.05, 0.1) is 0 Å². The van der Waals surface area contributed by atoms with Crippen LogP contribution >= 0.6 is 0 Å². The lowest BCUT2D eigenvalue weighted by atomic mass is 10.1. The Morgan fingerprint density at radius 2 is 2.07 bits per heavy atom. The second kappa shape index (κ2) is 3.76. The highest BCUT2D eigenvalue weighted by molar-refractivity contribution is 5.77. The quantitative estimate of drug-likeness (QED) is 0.694. The van der Waals surface area contributed by atoms with E-state index in [0.717, 1.165) is 0 Å². The van der Waals surface area contributed by atoms with Gasteiger partial charge in [-0.25, -0.2) is 0 Å². The molecule has 2 atom stereocenters. The molecule has 0 aromatic heterocycles. The molecule has 1 aliphatic rings. The second-order valence-corrected chi connectivity index (χ2v) is 3.73. The Labute approximate surface area is 80.0 Å². The van der Waals surface area contributed by atoms with E-state index in [9.17, 15) is 18.0 Å². The smallest absolute Gasteiger partial charge is 0.341 e. The SMILES string of the molecule is CC1CN(C(=O)CC(F)(F)F)CC1N. The maximum atomic E-state index is 11.9. The standard InChI is InChI=1S/C8H13F3N2O/c1-5-3-13(4-6(5)12)7(14)2-8(9,10)11/h5-6H,2-4,12H2,1H3. The van der Waals surface area contributed by atoms with E-state index in [-0.39, 0.29) is 18.5 Å². The van der Waals surface area contributed by atoms with E-state index in [2.05, 4.69) is 0 Å². The Kier molecular flexibility index (Phi) is 3.04. The van der Waals surface area contributed by atoms with Gasteiger partial charge in [-0.1, -0.05) is 6.92 Å². The van der Waals surface area contributed by atoms with Gasteiger partial charge in [-0.3, -0.25) is 4.79 Å². The van der Waals surface area contributed by atoms with E-state index in [1.807, 2.05) is 6.92 Å². The minimum atomic E-state index is -4.42. The minimum absolute atomic E-state index is 0.0761. The van der Waals surface area contributed by atoms with E-state index in [1.165, 1.54) is 4.90 Å². The maximum absolute atomic E-state index is 11.9. The Hall–Kier alpha value is -0.780. The van der Waals surface area contributed by atoms with Crippen LogP contribution in [-0.4, -0.2) is 36.1 Å². The van der Waals surface area contributed by atoms with Crippen molar-refractivity contribution in [2.75, 3.05) is 13.1 Å². The second-order valence-electron chi connectivity index (χ2n) is 3.73. The Morgan fingerprint density at radius 1 is 1.50 bits per heavy atom. The molecule has 0 aromatic carbocycles. The lowest BCUT2D eigenvalue weighted by Gasteiger charge is -2.16. The van der Waals surface area contributed by atoms with Gasteiger partial charge >= 0.3 is 6.18 Å². The number of carbonyl (C=O) groups excluding carboxylic acids is 1. The first kappa shape index (κ1) is 11.3. The van der Waals surface area contributed by atoms with Crippen LogP contribution in [0.1, 0.15) is 13.3 Å². The maximum Gasteiger partial charge on any atom is 0.397 e. The monoisotopic (exact) mass is 210 g/mol. The number of hydrogen-bond donors (Lipinski definition) is 1. The zero-order valence-electron chi connectivity index (χ0n) is 7.84. The van der Waals surface area contributed by atoms with Gasteiger partial charge in [0.2, 0.25) is 5.91 Å². The largest absolute Gasteiger partial charge is 0.397 e. The molecule has 0 aliphatic carbocycles. The highest BCUT2D eigenvalue weighted by Crippen LogP contribution is 2.23. The van der Waals surface area contributed by atoms with Crippen LogP contribution in [0.25, 0.3) is 0 Å². The molecule has 82 valence electrons. The van der Waals surface area contributed by atoms with Crippen molar-refractivity contribution >= 4 is 5.91 Å². The number of rotatable bonds is 1. The molecule has 3 nitrogen and oxygen atoms in total. The van der Waals surface area contributed by atoms with Gasteiger partial charge in [-0.05, 0) is 5.92 Å². The van der Waals surface area contributed by atoms with E-state index in [4.69, 9.17) is 5.73 Å². The molecule has 1 amide bonds. The number of nitrogens with two attached hydrogens (primary N) is 1. The zero-order valence-corrected chi connectivity index (χ0v) is 7.84. The van der Waals surface area contributed by atoms with Crippen molar-refractivity contribution in [1.29, 1.82) is 0 Å². The Morgan fingerprint density at radius 3 is 2.43 bits per heavy atom. The van der Waals surface area contributed by atoms with Crippen LogP contribution in [0.15, 0.2) is 0 Å². The summed E-state index contributed by atoms with van der Waals surface area (Å²) in [6.45, 7) is 2.39. The van der Waals surface area contributed by atoms with Crippen molar-refractivity contribution < 1.29 is 18.0 Å². The predicted molar refractivity (Wildman–Crippen MR) is 44.4 cm³/mol. The summed E-state index contributed by atoms with van der Waals surface area (Å²) in [5, 5.41) is 0. The van der Waals surface area contributed by atoms with Gasteiger partial charge in [-0.15, -0.1) is 0 Å². The molecule has 0 aromatic rings. The van der Waals surface area contributed by atoms with E-state index in [1.54, 1.807) is 0 Å². The van der Waals surface area contributed by atoms with Crippen molar-refractivity contribution in [1.82, 2.24) is 4.90 Å². The van der Waals surface area contributed by atoms with Crippen LogP contribution in [0.5, 0.6) is 0 Å². The zero-order chi connectivity index (χ0) is 10.9. The molecule has 1 heterocycles. The van der Waals surface area contributed by atoms with Crippen molar-refractivity contribution in [3.63, 3.8) is 0 Å². The molecule has 1 aliphatic heterocycles. The molecule has 1 saturated heterocycles. The molecular formula is C8H13F3N2O. The third-order valence-electron chi connectivity index (χ3n) is 2.37. The molecule has 1 fully saturated rings. The van der Waals surface area contributed by atoms with E-state index in [0.29, 0.717) is 6.54 Å². The summed E-state index contributed by atoms with van der Waals surface area (Å²) in [5.41, 5.74) is 5.60. The highest BCUT2D eigenvalue weighted by atomic mass is 19.4. The minimum Gasteiger partial charge on any atom is -0.341 e. The Balaban J connectivity index is 2.48. The van der Waals surface area contributed by atoms with Gasteiger partial charge < -0.3 is 10.6 Å². The summed E-state index contributed by atoms with van der Waals surface area (Å²) in [6.07, 6.45) is -5.81. The molecule has 14 heavy (non-hydrogen) atoms. The number of halogens is 3. The van der Waals surface area contributed by atoms with Crippen molar-refractivity contribution in [2.24, 2.45) is 11.7 Å². The van der Waals surface area contributed by atoms with Crippen LogP contribution in [0, 0.1) is 5.92 Å². The highest BCUT2D eigenvalue weighted by Gasteiger charge is 2.37. The number of nitrogens with zero attached hydrogens (tertiary/aromatic N) is 1. The molecular weight excluding hydrogens is 197 g/mol. The number of hydrogen-bond acceptors (Lipinski definition) is 2. The van der Waals surface area contributed by atoms with Gasteiger partial charge in [0.1, 0.15) is 6.42 Å². The number of likely N-dealkylation sites (tertiary alicyclic amines) is 1. The first-order valence-corrected chi connectivity index (χ1v) is 4.39. The summed E-state index contributed by atoms with van der Waals surface area (Å²) in [6, 6.07) is -0.202. The average Bonchev–Trinajstić information content (AvgIpc) is 2.28. The molecule has 1 rings (SSSR count). The van der Waals surface area contributed by atoms with Gasteiger partial charge in [0.25, 0.3) is 0 Å². The van der Waals surface area contributed by atoms with Crippen LogP contribution in [0.2, 0.25) is 0 Å². The first-order valence-electron chi connectivity index (χ1n) is 4.39. The topological polar surface area (TPSA) is 46.3 Å². The third kappa shape index (κ3) is 2.87. The van der Waals surface area contributed by atoms with Gasteiger partial charge in [-0.2, -0.15) is 13.2 Å². The van der Waals surface area contributed by atoms with Crippen LogP contribution in [-0.2, 0) is 4.79 Å². The number of carbonyl (C=O) groups is 1. The van der Waals surface area contributed by atoms with Crippen LogP contribution in [0.4, 0.5) is 13.2 Å². The van der Waals surface area contributed by atoms with Crippen molar-refractivity contribution in [3.05, 3.63) is 0 Å². The lowest BCUT2D eigenvalue weighted by molar-refractivity contribution is -0.160. The molecule has 0 radical (unpaired) electrons. The average molecular weight is 210 g/mol. The molecule has 2 N–H and O–H groups in total. The Bertz CT molecular complexity index is 219. The first-order chi connectivity index (χ1) is 6.29. The van der Waals surface area contributed by atoms with Gasteiger partial charge in [0, 0.05) is 19.1 Å². The normalized spacial score (nSPS) is 28.2. The number of amides is 1. The summed E-state index contributed by atoms with van der Waals surface area (Å²) in [4.78, 5) is 12.3. The summed E-state index contributed by atoms with van der Waals surface area (Å²) >= 11 is 0. The van der Waals surface area contributed by atoms with Crippen molar-refractivity contribution in [2.45, 2.75) is 25.6 Å². The molecule has 0 spiro atoms. The lowest BCUT2D eigenvalue weighted by Crippen LogP contribution is -2.34. The van der Waals surface area contributed by atoms with Crippen molar-refractivity contribution in [3.8, 4) is 0 Å².